The summed E-state index contributed by atoms with van der Waals surface area (Å²) in [6.07, 6.45) is 4.21. The molecule has 1 atom stereocenters. The fourth-order valence-electron chi connectivity index (χ4n) is 4.15. The van der Waals surface area contributed by atoms with Gasteiger partial charge in [0, 0.05) is 29.6 Å². The van der Waals surface area contributed by atoms with Gasteiger partial charge in [0.05, 0.1) is 28.8 Å². The largest absolute Gasteiger partial charge is 0.383 e. The summed E-state index contributed by atoms with van der Waals surface area (Å²) in [5.41, 5.74) is 9.41. The van der Waals surface area contributed by atoms with E-state index in [-0.39, 0.29) is 11.9 Å². The average Bonchev–Trinajstić information content (AvgIpc) is 3.36. The number of nitrogens with two attached hydrogens (primary N) is 1. The third kappa shape index (κ3) is 3.47. The minimum atomic E-state index is -0.120. The van der Waals surface area contributed by atoms with Crippen molar-refractivity contribution in [2.75, 3.05) is 25.5 Å². The van der Waals surface area contributed by atoms with Gasteiger partial charge in [-0.1, -0.05) is 24.6 Å². The van der Waals surface area contributed by atoms with Crippen molar-refractivity contribution in [1.82, 2.24) is 30.0 Å². The number of carbonyl (C=O) groups excluding carboxylic acids is 1. The van der Waals surface area contributed by atoms with Gasteiger partial charge in [-0.2, -0.15) is 5.10 Å². The molecule has 0 spiro atoms. The Kier molecular flexibility index (Phi) is 5.44. The van der Waals surface area contributed by atoms with E-state index in [1.807, 2.05) is 17.7 Å². The van der Waals surface area contributed by atoms with Gasteiger partial charge in [0.2, 0.25) is 0 Å². The van der Waals surface area contributed by atoms with Crippen LogP contribution in [0, 0.1) is 0 Å². The highest BCUT2D eigenvalue weighted by molar-refractivity contribution is 6.38. The first-order chi connectivity index (χ1) is 15.6. The number of halogens is 1. The number of amides is 1. The molecule has 0 aliphatic carbocycles. The summed E-state index contributed by atoms with van der Waals surface area (Å²) in [6.45, 7) is 3.96. The summed E-state index contributed by atoms with van der Waals surface area (Å²) < 4.78 is 7.53. The van der Waals surface area contributed by atoms with E-state index in [2.05, 4.69) is 20.3 Å². The van der Waals surface area contributed by atoms with Gasteiger partial charge in [0.1, 0.15) is 17.8 Å². The van der Waals surface area contributed by atoms with Crippen molar-refractivity contribution in [3.05, 3.63) is 35.1 Å². The number of nitrogens with one attached hydrogen (secondary N) is 2. The third-order valence-corrected chi connectivity index (χ3v) is 6.16. The SMILES string of the molecule is CCCNC(=O)c1ccc2c(Cl)c(-c3nn(C4CCCOC4)c4ncnc(N)c34)[nH]c2c1. The van der Waals surface area contributed by atoms with Gasteiger partial charge in [0.15, 0.2) is 5.65 Å². The monoisotopic (exact) mass is 453 g/mol. The van der Waals surface area contributed by atoms with E-state index in [1.54, 1.807) is 12.1 Å². The number of carbonyl (C=O) groups is 1. The third-order valence-electron chi connectivity index (χ3n) is 5.77. The number of fused-ring (bicyclic) bond motifs is 2. The molecule has 1 fully saturated rings. The minimum Gasteiger partial charge on any atom is -0.383 e. The number of ether oxygens (including phenoxy) is 1. The van der Waals surface area contributed by atoms with Crippen molar-refractivity contribution in [2.45, 2.75) is 32.2 Å². The normalized spacial score (nSPS) is 16.6. The number of aromatic amines is 1. The minimum absolute atomic E-state index is 0.0614. The highest BCUT2D eigenvalue weighted by atomic mass is 35.5. The van der Waals surface area contributed by atoms with E-state index in [0.29, 0.717) is 52.0 Å². The Morgan fingerprint density at radius 1 is 1.41 bits per heavy atom. The lowest BCUT2D eigenvalue weighted by molar-refractivity contribution is 0.0564. The van der Waals surface area contributed by atoms with Crippen LogP contribution in [0.1, 0.15) is 42.6 Å². The molecular formula is C22H24ClN7O2. The van der Waals surface area contributed by atoms with E-state index in [9.17, 15) is 4.79 Å². The average molecular weight is 454 g/mol. The highest BCUT2D eigenvalue weighted by Gasteiger charge is 2.26. The van der Waals surface area contributed by atoms with Crippen LogP contribution < -0.4 is 11.1 Å². The first-order valence-corrected chi connectivity index (χ1v) is 11.1. The number of hydrogen-bond donors (Lipinski definition) is 3. The molecule has 1 aromatic carbocycles. The number of H-pyrrole nitrogens is 1. The van der Waals surface area contributed by atoms with Crippen molar-refractivity contribution < 1.29 is 9.53 Å². The van der Waals surface area contributed by atoms with Crippen molar-refractivity contribution in [2.24, 2.45) is 0 Å². The van der Waals surface area contributed by atoms with Gasteiger partial charge in [-0.05, 0) is 31.4 Å². The molecule has 166 valence electrons. The molecule has 1 aliphatic heterocycles. The number of hydrogen-bond acceptors (Lipinski definition) is 6. The summed E-state index contributed by atoms with van der Waals surface area (Å²) in [5, 5.41) is 9.70. The molecule has 0 bridgehead atoms. The molecule has 10 heteroatoms. The second kappa shape index (κ2) is 8.40. The number of anilines is 1. The molecule has 1 aliphatic rings. The summed E-state index contributed by atoms with van der Waals surface area (Å²) in [4.78, 5) is 24.4. The lowest BCUT2D eigenvalue weighted by atomic mass is 10.1. The molecule has 0 radical (unpaired) electrons. The molecule has 4 heterocycles. The first-order valence-electron chi connectivity index (χ1n) is 10.7. The van der Waals surface area contributed by atoms with Gasteiger partial charge >= 0.3 is 0 Å². The van der Waals surface area contributed by atoms with Gasteiger partial charge in [-0.15, -0.1) is 0 Å². The predicted octanol–water partition coefficient (Wildman–Crippen LogP) is 3.70. The predicted molar refractivity (Wildman–Crippen MR) is 124 cm³/mol. The van der Waals surface area contributed by atoms with Gasteiger partial charge in [0.25, 0.3) is 5.91 Å². The number of rotatable bonds is 5. The molecule has 4 N–H and O–H groups in total. The zero-order valence-electron chi connectivity index (χ0n) is 17.7. The number of nitrogens with zero attached hydrogens (tertiary/aromatic N) is 4. The molecule has 0 saturated carbocycles. The lowest BCUT2D eigenvalue weighted by Crippen LogP contribution is -2.23. The number of aromatic nitrogens is 5. The first kappa shape index (κ1) is 20.7. The van der Waals surface area contributed by atoms with Gasteiger partial charge < -0.3 is 20.8 Å². The van der Waals surface area contributed by atoms with Crippen LogP contribution in [0.3, 0.4) is 0 Å². The summed E-state index contributed by atoms with van der Waals surface area (Å²) in [7, 11) is 0. The molecule has 4 aromatic rings. The van der Waals surface area contributed by atoms with Crippen molar-refractivity contribution in [3.63, 3.8) is 0 Å². The Bertz CT molecular complexity index is 1310. The van der Waals surface area contributed by atoms with E-state index < -0.39 is 0 Å². The summed E-state index contributed by atoms with van der Waals surface area (Å²) in [5.74, 6) is 0.216. The van der Waals surface area contributed by atoms with E-state index >= 15 is 0 Å². The maximum Gasteiger partial charge on any atom is 0.251 e. The Morgan fingerprint density at radius 2 is 2.28 bits per heavy atom. The van der Waals surface area contributed by atoms with Gasteiger partial charge in [-0.25, -0.2) is 14.6 Å². The Balaban J connectivity index is 1.64. The van der Waals surface area contributed by atoms with Crippen LogP contribution in [0.5, 0.6) is 0 Å². The fraction of sp³-hybridized carbons (Fsp3) is 0.364. The smallest absolute Gasteiger partial charge is 0.251 e. The second-order valence-corrected chi connectivity index (χ2v) is 8.33. The molecule has 3 aromatic heterocycles. The topological polar surface area (TPSA) is 124 Å². The van der Waals surface area contributed by atoms with Crippen molar-refractivity contribution in [1.29, 1.82) is 0 Å². The second-order valence-electron chi connectivity index (χ2n) is 7.95. The summed E-state index contributed by atoms with van der Waals surface area (Å²) >= 11 is 6.77. The van der Waals surface area contributed by atoms with E-state index in [1.165, 1.54) is 6.33 Å². The molecule has 32 heavy (non-hydrogen) atoms. The molecular weight excluding hydrogens is 430 g/mol. The molecule has 1 amide bonds. The van der Waals surface area contributed by atoms with Crippen LogP contribution in [0.25, 0.3) is 33.3 Å². The molecule has 9 nitrogen and oxygen atoms in total. The van der Waals surface area contributed by atoms with Crippen LogP contribution >= 0.6 is 11.6 Å². The van der Waals surface area contributed by atoms with Crippen molar-refractivity contribution >= 4 is 45.3 Å². The standard InChI is InChI=1S/C22H24ClN7O2/c1-2-7-25-22(31)12-5-6-14-15(9-12)28-19(17(14)23)18-16-20(24)26-11-27-21(16)30(29-18)13-4-3-8-32-10-13/h5-6,9,11,13,28H,2-4,7-8,10H2,1H3,(H,25,31)(H2,24,26,27). The maximum absolute atomic E-state index is 12.4. The van der Waals surface area contributed by atoms with E-state index in [0.717, 1.165) is 36.8 Å². The Labute approximate surface area is 189 Å². The van der Waals surface area contributed by atoms with Gasteiger partial charge in [-0.3, -0.25) is 4.79 Å². The maximum atomic E-state index is 12.4. The molecule has 1 saturated heterocycles. The Hall–Kier alpha value is -3.17. The van der Waals surface area contributed by atoms with Crippen LogP contribution in [0.15, 0.2) is 24.5 Å². The number of benzene rings is 1. The number of nitrogen functional groups attached to an aromatic ring is 1. The van der Waals surface area contributed by atoms with E-state index in [4.69, 9.17) is 27.2 Å². The lowest BCUT2D eigenvalue weighted by Gasteiger charge is -2.22. The molecule has 1 unspecified atom stereocenters. The van der Waals surface area contributed by atoms with Crippen LogP contribution in [-0.4, -0.2) is 50.4 Å². The fourth-order valence-corrected chi connectivity index (χ4v) is 4.45. The van der Waals surface area contributed by atoms with Crippen molar-refractivity contribution in [3.8, 4) is 11.4 Å². The zero-order valence-corrected chi connectivity index (χ0v) is 18.4. The zero-order chi connectivity index (χ0) is 22.2. The van der Waals surface area contributed by atoms with Crippen LogP contribution in [-0.2, 0) is 4.74 Å². The quantitative estimate of drug-likeness (QED) is 0.423. The summed E-state index contributed by atoms with van der Waals surface area (Å²) in [6, 6.07) is 5.46. The Morgan fingerprint density at radius 3 is 3.06 bits per heavy atom. The van der Waals surface area contributed by atoms with Crippen LogP contribution in [0.4, 0.5) is 5.82 Å². The van der Waals surface area contributed by atoms with Crippen LogP contribution in [0.2, 0.25) is 5.02 Å². The highest BCUT2D eigenvalue weighted by Crippen LogP contribution is 2.39. The molecule has 5 rings (SSSR count).